The molecule has 0 radical (unpaired) electrons. The number of aromatic nitrogens is 2. The van der Waals surface area contributed by atoms with Crippen molar-refractivity contribution in [3.8, 4) is 0 Å². The Hall–Kier alpha value is -1.13. The average Bonchev–Trinajstić information content (AvgIpc) is 2.24. The molecule has 0 bridgehead atoms. The van der Waals surface area contributed by atoms with Gasteiger partial charge in [-0.05, 0) is 18.2 Å². The third-order valence-electron chi connectivity index (χ3n) is 1.66. The molecule has 0 atom stereocenters. The molecule has 0 saturated heterocycles. The normalized spacial score (nSPS) is 10.3. The van der Waals surface area contributed by atoms with Gasteiger partial charge in [0.1, 0.15) is 12.1 Å². The molecule has 1 heterocycles. The van der Waals surface area contributed by atoms with Gasteiger partial charge in [-0.2, -0.15) is 0 Å². The highest BCUT2D eigenvalue weighted by molar-refractivity contribution is 7.99. The van der Waals surface area contributed by atoms with Crippen molar-refractivity contribution in [1.29, 1.82) is 0 Å². The summed E-state index contributed by atoms with van der Waals surface area (Å²) < 4.78 is 12.8. The van der Waals surface area contributed by atoms with Crippen LogP contribution in [0.1, 0.15) is 0 Å². The molecule has 1 aromatic carbocycles. The van der Waals surface area contributed by atoms with E-state index in [1.807, 2.05) is 0 Å². The van der Waals surface area contributed by atoms with Crippen molar-refractivity contribution in [3.05, 3.63) is 47.8 Å². The first-order chi connectivity index (χ1) is 7.25. The lowest BCUT2D eigenvalue weighted by molar-refractivity contribution is 0.626. The maximum absolute atomic E-state index is 12.8. The van der Waals surface area contributed by atoms with Gasteiger partial charge < -0.3 is 0 Å². The van der Waals surface area contributed by atoms with Gasteiger partial charge in [0.15, 0.2) is 0 Å². The zero-order valence-electron chi connectivity index (χ0n) is 7.52. The summed E-state index contributed by atoms with van der Waals surface area (Å²) in [6, 6.07) is 4.29. The minimum absolute atomic E-state index is 0.339. The molecule has 76 valence electrons. The minimum Gasteiger partial charge on any atom is -0.244 e. The van der Waals surface area contributed by atoms with Crippen LogP contribution in [-0.2, 0) is 0 Å². The van der Waals surface area contributed by atoms with E-state index in [9.17, 15) is 4.39 Å². The molecule has 15 heavy (non-hydrogen) atoms. The summed E-state index contributed by atoms with van der Waals surface area (Å²) in [7, 11) is 0. The molecule has 5 heteroatoms. The van der Waals surface area contributed by atoms with Crippen LogP contribution in [-0.4, -0.2) is 9.97 Å². The lowest BCUT2D eigenvalue weighted by atomic mass is 10.3. The van der Waals surface area contributed by atoms with Crippen molar-refractivity contribution in [1.82, 2.24) is 9.97 Å². The smallest absolute Gasteiger partial charge is 0.124 e. The summed E-state index contributed by atoms with van der Waals surface area (Å²) in [5, 5.41) is 0.392. The summed E-state index contributed by atoms with van der Waals surface area (Å²) in [4.78, 5) is 9.41. The van der Waals surface area contributed by atoms with Crippen molar-refractivity contribution < 1.29 is 4.39 Å². The van der Waals surface area contributed by atoms with Crippen LogP contribution >= 0.6 is 23.4 Å². The van der Waals surface area contributed by atoms with Crippen LogP contribution in [0, 0.1) is 5.82 Å². The molecule has 2 rings (SSSR count). The highest BCUT2D eigenvalue weighted by Gasteiger charge is 2.04. The summed E-state index contributed by atoms with van der Waals surface area (Å²) in [6.07, 6.45) is 4.81. The molecule has 1 aromatic heterocycles. The molecule has 0 fully saturated rings. The zero-order valence-corrected chi connectivity index (χ0v) is 9.10. The van der Waals surface area contributed by atoms with Crippen LogP contribution in [0.15, 0.2) is 46.7 Å². The predicted octanol–water partition coefficient (Wildman–Crippen LogP) is 3.42. The molecule has 2 aromatic rings. The fraction of sp³-hybridized carbons (Fsp3) is 0. The number of rotatable bonds is 2. The van der Waals surface area contributed by atoms with Crippen molar-refractivity contribution in [2.24, 2.45) is 0 Å². The molecule has 0 saturated carbocycles. The first-order valence-electron chi connectivity index (χ1n) is 4.13. The Labute approximate surface area is 95.5 Å². The van der Waals surface area contributed by atoms with E-state index in [-0.39, 0.29) is 5.82 Å². The fourth-order valence-electron chi connectivity index (χ4n) is 1.02. The molecule has 0 aliphatic rings. The quantitative estimate of drug-likeness (QED) is 0.805. The number of hydrogen-bond acceptors (Lipinski definition) is 3. The second-order valence-electron chi connectivity index (χ2n) is 2.75. The van der Waals surface area contributed by atoms with Crippen LogP contribution in [0.2, 0.25) is 5.02 Å². The van der Waals surface area contributed by atoms with Crippen LogP contribution in [0.25, 0.3) is 0 Å². The molecule has 0 unspecified atom stereocenters. The Morgan fingerprint density at radius 2 is 1.93 bits per heavy atom. The highest BCUT2D eigenvalue weighted by atomic mass is 35.5. The van der Waals surface area contributed by atoms with Crippen LogP contribution in [0.3, 0.4) is 0 Å². The topological polar surface area (TPSA) is 25.8 Å². The monoisotopic (exact) mass is 240 g/mol. The van der Waals surface area contributed by atoms with Gasteiger partial charge in [-0.3, -0.25) is 0 Å². The second-order valence-corrected chi connectivity index (χ2v) is 4.27. The fourth-order valence-corrected chi connectivity index (χ4v) is 2.08. The first-order valence-corrected chi connectivity index (χ1v) is 5.33. The maximum Gasteiger partial charge on any atom is 0.124 e. The summed E-state index contributed by atoms with van der Waals surface area (Å²) in [6.45, 7) is 0. The molecule has 0 amide bonds. The maximum atomic E-state index is 12.8. The standard InChI is InChI=1S/C10H6ClFN2S/c11-9-3-7(12)1-2-10(9)15-8-4-13-6-14-5-8/h1-6H. The van der Waals surface area contributed by atoms with Crippen molar-refractivity contribution in [3.63, 3.8) is 0 Å². The van der Waals surface area contributed by atoms with E-state index < -0.39 is 0 Å². The van der Waals surface area contributed by atoms with Crippen molar-refractivity contribution >= 4 is 23.4 Å². The first kappa shape index (κ1) is 10.4. The van der Waals surface area contributed by atoms with Gasteiger partial charge in [-0.1, -0.05) is 23.4 Å². The lowest BCUT2D eigenvalue weighted by Crippen LogP contribution is -1.81. The number of benzene rings is 1. The number of halogens is 2. The predicted molar refractivity (Wildman–Crippen MR) is 57.6 cm³/mol. The zero-order chi connectivity index (χ0) is 10.7. The third-order valence-corrected chi connectivity index (χ3v) is 3.11. The van der Waals surface area contributed by atoms with E-state index in [2.05, 4.69) is 9.97 Å². The molecule has 0 spiro atoms. The van der Waals surface area contributed by atoms with Crippen molar-refractivity contribution in [2.75, 3.05) is 0 Å². The molecule has 0 aliphatic carbocycles. The van der Waals surface area contributed by atoms with Gasteiger partial charge >= 0.3 is 0 Å². The van der Waals surface area contributed by atoms with Crippen LogP contribution in [0.5, 0.6) is 0 Å². The molecule has 2 nitrogen and oxygen atoms in total. The Kier molecular flexibility index (Phi) is 3.18. The van der Waals surface area contributed by atoms with E-state index in [4.69, 9.17) is 11.6 Å². The van der Waals surface area contributed by atoms with Gasteiger partial charge in [0.05, 0.1) is 5.02 Å². The highest BCUT2D eigenvalue weighted by Crippen LogP contribution is 2.32. The van der Waals surface area contributed by atoms with Gasteiger partial charge in [-0.15, -0.1) is 0 Å². The van der Waals surface area contributed by atoms with E-state index in [1.165, 1.54) is 30.2 Å². The van der Waals surface area contributed by atoms with Gasteiger partial charge in [0, 0.05) is 22.2 Å². The van der Waals surface area contributed by atoms with Gasteiger partial charge in [0.2, 0.25) is 0 Å². The summed E-state index contributed by atoms with van der Waals surface area (Å²) in [5.74, 6) is -0.339. The molecule has 0 N–H and O–H groups in total. The summed E-state index contributed by atoms with van der Waals surface area (Å²) in [5.41, 5.74) is 0. The SMILES string of the molecule is Fc1ccc(Sc2cncnc2)c(Cl)c1. The van der Waals surface area contributed by atoms with Gasteiger partial charge in [0.25, 0.3) is 0 Å². The third kappa shape index (κ3) is 2.67. The van der Waals surface area contributed by atoms with Crippen LogP contribution in [0.4, 0.5) is 4.39 Å². The average molecular weight is 241 g/mol. The largest absolute Gasteiger partial charge is 0.244 e. The molecule has 0 aliphatic heterocycles. The van der Waals surface area contributed by atoms with Crippen molar-refractivity contribution in [2.45, 2.75) is 9.79 Å². The van der Waals surface area contributed by atoms with E-state index >= 15 is 0 Å². The van der Waals surface area contributed by atoms with E-state index in [0.717, 1.165) is 9.79 Å². The van der Waals surface area contributed by atoms with Gasteiger partial charge in [-0.25, -0.2) is 14.4 Å². The van der Waals surface area contributed by atoms with Crippen LogP contribution < -0.4 is 0 Å². The summed E-state index contributed by atoms with van der Waals surface area (Å²) >= 11 is 7.28. The van der Waals surface area contributed by atoms with E-state index in [1.54, 1.807) is 18.5 Å². The Morgan fingerprint density at radius 1 is 1.20 bits per heavy atom. The number of hydrogen-bond donors (Lipinski definition) is 0. The molecular formula is C10H6ClFN2S. The minimum atomic E-state index is -0.339. The Morgan fingerprint density at radius 3 is 2.60 bits per heavy atom. The van der Waals surface area contributed by atoms with E-state index in [0.29, 0.717) is 5.02 Å². The second kappa shape index (κ2) is 4.59. The lowest BCUT2D eigenvalue weighted by Gasteiger charge is -2.02. The molecular weight excluding hydrogens is 235 g/mol. The Balaban J connectivity index is 2.25. The Bertz CT molecular complexity index is 464. The number of nitrogens with zero attached hydrogens (tertiary/aromatic N) is 2.